The van der Waals surface area contributed by atoms with Crippen molar-refractivity contribution in [2.45, 2.75) is 0 Å². The van der Waals surface area contributed by atoms with Gasteiger partial charge in [-0.15, -0.1) is 0 Å². The quantitative estimate of drug-likeness (QED) is 0.699. The van der Waals surface area contributed by atoms with Gasteiger partial charge in [0.1, 0.15) is 6.33 Å². The van der Waals surface area contributed by atoms with Gasteiger partial charge in [0.15, 0.2) is 0 Å². The van der Waals surface area contributed by atoms with E-state index in [-0.39, 0.29) is 19.0 Å². The zero-order chi connectivity index (χ0) is 13.2. The van der Waals surface area contributed by atoms with Crippen LogP contribution in [-0.2, 0) is 10.2 Å². The Hall–Kier alpha value is -1.58. The van der Waals surface area contributed by atoms with Crippen LogP contribution >= 0.6 is 0 Å². The fraction of sp³-hybridized carbons (Fsp3) is 0.444. The number of rotatable bonds is 2. The molecule has 1 amide bonds. The molecule has 0 atom stereocenters. The second kappa shape index (κ2) is 4.96. The Kier molecular flexibility index (Phi) is 3.55. The lowest BCUT2D eigenvalue weighted by atomic mass is 10.2. The molecule has 0 saturated carbocycles. The van der Waals surface area contributed by atoms with Crippen molar-refractivity contribution < 1.29 is 13.2 Å². The van der Waals surface area contributed by atoms with Crippen molar-refractivity contribution in [3.8, 4) is 0 Å². The summed E-state index contributed by atoms with van der Waals surface area (Å²) in [5.74, 6) is -0.204. The Balaban J connectivity index is 2.01. The van der Waals surface area contributed by atoms with Crippen LogP contribution < -0.4 is 5.14 Å². The van der Waals surface area contributed by atoms with Crippen molar-refractivity contribution in [3.05, 3.63) is 24.3 Å². The Labute approximate surface area is 105 Å². The molecule has 1 aliphatic rings. The minimum absolute atomic E-state index is 0.204. The second-order valence-electron chi connectivity index (χ2n) is 3.86. The number of piperazine rings is 1. The summed E-state index contributed by atoms with van der Waals surface area (Å²) in [5.41, 5.74) is 0.390. The number of carbonyl (C=O) groups excluding carboxylic acids is 1. The van der Waals surface area contributed by atoms with Gasteiger partial charge in [-0.1, -0.05) is 0 Å². The Morgan fingerprint density at radius 1 is 1.17 bits per heavy atom. The summed E-state index contributed by atoms with van der Waals surface area (Å²) in [6, 6.07) is 0. The number of nitrogens with two attached hydrogens (primary N) is 1. The third-order valence-electron chi connectivity index (χ3n) is 2.69. The molecule has 0 radical (unpaired) electrons. The second-order valence-corrected chi connectivity index (χ2v) is 5.41. The normalized spacial score (nSPS) is 17.7. The zero-order valence-electron chi connectivity index (χ0n) is 9.56. The summed E-state index contributed by atoms with van der Waals surface area (Å²) in [6.07, 6.45) is 4.21. The molecule has 18 heavy (non-hydrogen) atoms. The number of aromatic nitrogens is 2. The minimum atomic E-state index is -3.67. The highest BCUT2D eigenvalue weighted by atomic mass is 32.2. The van der Waals surface area contributed by atoms with Crippen LogP contribution in [0.25, 0.3) is 0 Å². The standard InChI is InChI=1S/C9H13N5O3S/c10-18(16,17)14-3-1-13(2-4-14)9(15)8-5-11-7-12-6-8/h5-7H,1-4H2,(H2,10,16,17). The lowest BCUT2D eigenvalue weighted by Crippen LogP contribution is -2.52. The predicted molar refractivity (Wildman–Crippen MR) is 62.6 cm³/mol. The Bertz CT molecular complexity index is 524. The van der Waals surface area contributed by atoms with Crippen molar-refractivity contribution in [2.24, 2.45) is 5.14 Å². The van der Waals surface area contributed by atoms with Gasteiger partial charge in [0, 0.05) is 38.6 Å². The molecule has 0 spiro atoms. The van der Waals surface area contributed by atoms with Crippen LogP contribution in [0.3, 0.4) is 0 Å². The molecule has 0 unspecified atom stereocenters. The van der Waals surface area contributed by atoms with Crippen LogP contribution in [0.5, 0.6) is 0 Å². The molecule has 1 fully saturated rings. The maximum absolute atomic E-state index is 12.0. The van der Waals surface area contributed by atoms with Crippen molar-refractivity contribution >= 4 is 16.1 Å². The molecule has 2 N–H and O–H groups in total. The molecular weight excluding hydrogens is 258 g/mol. The highest BCUT2D eigenvalue weighted by Crippen LogP contribution is 2.08. The van der Waals surface area contributed by atoms with E-state index in [1.165, 1.54) is 18.7 Å². The summed E-state index contributed by atoms with van der Waals surface area (Å²) >= 11 is 0. The van der Waals surface area contributed by atoms with Gasteiger partial charge in [-0.3, -0.25) is 4.79 Å². The predicted octanol–water partition coefficient (Wildman–Crippen LogP) is -1.56. The number of carbonyl (C=O) groups is 1. The van der Waals surface area contributed by atoms with Crippen LogP contribution in [0, 0.1) is 0 Å². The molecule has 1 aliphatic heterocycles. The van der Waals surface area contributed by atoms with E-state index in [0.29, 0.717) is 18.7 Å². The number of hydrogen-bond acceptors (Lipinski definition) is 5. The highest BCUT2D eigenvalue weighted by molar-refractivity contribution is 7.86. The van der Waals surface area contributed by atoms with E-state index in [1.807, 2.05) is 0 Å². The van der Waals surface area contributed by atoms with Crippen molar-refractivity contribution in [2.75, 3.05) is 26.2 Å². The molecule has 0 aromatic carbocycles. The van der Waals surface area contributed by atoms with Gasteiger partial charge in [0.25, 0.3) is 16.1 Å². The van der Waals surface area contributed by atoms with Crippen molar-refractivity contribution in [1.82, 2.24) is 19.2 Å². The highest BCUT2D eigenvalue weighted by Gasteiger charge is 2.27. The van der Waals surface area contributed by atoms with Crippen LogP contribution in [0.15, 0.2) is 18.7 Å². The van der Waals surface area contributed by atoms with Gasteiger partial charge in [0.2, 0.25) is 0 Å². The molecule has 1 aromatic heterocycles. The topological polar surface area (TPSA) is 109 Å². The lowest BCUT2D eigenvalue weighted by molar-refractivity contribution is 0.0697. The number of amides is 1. The van der Waals surface area contributed by atoms with Crippen molar-refractivity contribution in [1.29, 1.82) is 0 Å². The SMILES string of the molecule is NS(=O)(=O)N1CCN(C(=O)c2cncnc2)CC1. The van der Waals surface area contributed by atoms with Crippen LogP contribution in [0.1, 0.15) is 10.4 Å². The summed E-state index contributed by atoms with van der Waals surface area (Å²) in [4.78, 5) is 21.1. The lowest BCUT2D eigenvalue weighted by Gasteiger charge is -2.32. The third kappa shape index (κ3) is 2.81. The van der Waals surface area contributed by atoms with Crippen LogP contribution in [0.2, 0.25) is 0 Å². The summed E-state index contributed by atoms with van der Waals surface area (Å²) < 4.78 is 23.4. The summed E-state index contributed by atoms with van der Waals surface area (Å²) in [6.45, 7) is 1.03. The number of hydrogen-bond donors (Lipinski definition) is 1. The first-order chi connectivity index (χ1) is 8.48. The van der Waals surface area contributed by atoms with Gasteiger partial charge in [-0.25, -0.2) is 15.1 Å². The first-order valence-corrected chi connectivity index (χ1v) is 6.81. The van der Waals surface area contributed by atoms with E-state index < -0.39 is 10.2 Å². The smallest absolute Gasteiger partial charge is 0.277 e. The van der Waals surface area contributed by atoms with Crippen LogP contribution in [0.4, 0.5) is 0 Å². The van der Waals surface area contributed by atoms with Gasteiger partial charge < -0.3 is 4.90 Å². The van der Waals surface area contributed by atoms with Gasteiger partial charge in [-0.05, 0) is 0 Å². The van der Waals surface area contributed by atoms with Gasteiger partial charge >= 0.3 is 0 Å². The average molecular weight is 271 g/mol. The molecular formula is C9H13N5O3S. The maximum atomic E-state index is 12.0. The van der Waals surface area contributed by atoms with E-state index in [9.17, 15) is 13.2 Å². The van der Waals surface area contributed by atoms with Crippen molar-refractivity contribution in [3.63, 3.8) is 0 Å². The maximum Gasteiger partial charge on any atom is 0.277 e. The molecule has 0 aliphatic carbocycles. The molecule has 9 heteroatoms. The van der Waals surface area contributed by atoms with E-state index >= 15 is 0 Å². The molecule has 2 rings (SSSR count). The van der Waals surface area contributed by atoms with E-state index in [4.69, 9.17) is 5.14 Å². The molecule has 1 aromatic rings. The monoisotopic (exact) mass is 271 g/mol. The van der Waals surface area contributed by atoms with E-state index in [0.717, 1.165) is 4.31 Å². The molecule has 98 valence electrons. The molecule has 0 bridgehead atoms. The van der Waals surface area contributed by atoms with Gasteiger partial charge in [0.05, 0.1) is 5.56 Å². The number of nitrogens with zero attached hydrogens (tertiary/aromatic N) is 4. The largest absolute Gasteiger partial charge is 0.336 e. The first kappa shape index (κ1) is 12.9. The minimum Gasteiger partial charge on any atom is -0.336 e. The third-order valence-corrected chi connectivity index (χ3v) is 3.78. The fourth-order valence-corrected chi connectivity index (χ4v) is 2.41. The first-order valence-electron chi connectivity index (χ1n) is 5.30. The molecule has 8 nitrogen and oxygen atoms in total. The summed E-state index contributed by atoms with van der Waals surface area (Å²) in [7, 11) is -3.67. The Morgan fingerprint density at radius 2 is 1.72 bits per heavy atom. The van der Waals surface area contributed by atoms with E-state index in [2.05, 4.69) is 9.97 Å². The average Bonchev–Trinajstić information content (AvgIpc) is 2.38. The summed E-state index contributed by atoms with van der Waals surface area (Å²) in [5, 5.41) is 5.02. The van der Waals surface area contributed by atoms with Crippen LogP contribution in [-0.4, -0.2) is 59.7 Å². The van der Waals surface area contributed by atoms with Gasteiger partial charge in [-0.2, -0.15) is 12.7 Å². The molecule has 1 saturated heterocycles. The fourth-order valence-electron chi connectivity index (χ4n) is 1.74. The Morgan fingerprint density at radius 3 is 2.22 bits per heavy atom. The molecule has 2 heterocycles. The van der Waals surface area contributed by atoms with E-state index in [1.54, 1.807) is 4.90 Å². The zero-order valence-corrected chi connectivity index (χ0v) is 10.4.